The van der Waals surface area contributed by atoms with Crippen LogP contribution in [0.2, 0.25) is 0 Å². The molecule has 1 unspecified atom stereocenters. The van der Waals surface area contributed by atoms with Gasteiger partial charge in [-0.15, -0.1) is 11.6 Å². The highest BCUT2D eigenvalue weighted by Gasteiger charge is 2.24. The van der Waals surface area contributed by atoms with Crippen molar-refractivity contribution < 1.29 is 23.8 Å². The van der Waals surface area contributed by atoms with Crippen molar-refractivity contribution >= 4 is 57.1 Å². The van der Waals surface area contributed by atoms with E-state index in [1.807, 2.05) is 16.8 Å². The van der Waals surface area contributed by atoms with Gasteiger partial charge in [-0.1, -0.05) is 0 Å². The van der Waals surface area contributed by atoms with E-state index < -0.39 is 17.7 Å². The smallest absolute Gasteiger partial charge is 0.335 e. The third kappa shape index (κ3) is 5.14. The number of aromatic carboxylic acids is 1. The van der Waals surface area contributed by atoms with Gasteiger partial charge in [0.15, 0.2) is 6.23 Å². The molecule has 37 heavy (non-hydrogen) atoms. The molecule has 0 saturated carbocycles. The molecule has 4 aromatic rings. The van der Waals surface area contributed by atoms with Crippen LogP contribution in [0.5, 0.6) is 0 Å². The second-order valence-electron chi connectivity index (χ2n) is 8.69. The number of hydrogen-bond acceptors (Lipinski definition) is 5. The lowest BCUT2D eigenvalue weighted by Crippen LogP contribution is -2.27. The van der Waals surface area contributed by atoms with E-state index in [1.54, 1.807) is 18.3 Å². The maximum atomic E-state index is 13.7. The fourth-order valence-electron chi connectivity index (χ4n) is 4.43. The van der Waals surface area contributed by atoms with Crippen LogP contribution in [0.15, 0.2) is 66.9 Å². The fourth-order valence-corrected chi connectivity index (χ4v) is 4.55. The molecule has 1 saturated heterocycles. The minimum Gasteiger partial charge on any atom is -0.478 e. The number of benzene rings is 3. The average molecular weight is 523 g/mol. The number of halogens is 2. The Kier molecular flexibility index (Phi) is 7.07. The van der Waals surface area contributed by atoms with E-state index in [0.29, 0.717) is 29.4 Å². The Balaban J connectivity index is 1.65. The zero-order chi connectivity index (χ0) is 25.9. The molecule has 1 fully saturated rings. The summed E-state index contributed by atoms with van der Waals surface area (Å²) in [4.78, 5) is 25.8. The number of anilines is 4. The minimum absolute atomic E-state index is 0.152. The number of fused-ring (bicyclic) bond motifs is 1. The van der Waals surface area contributed by atoms with Crippen LogP contribution in [0.25, 0.3) is 10.9 Å². The Morgan fingerprint density at radius 2 is 1.89 bits per heavy atom. The predicted molar refractivity (Wildman–Crippen MR) is 140 cm³/mol. The van der Waals surface area contributed by atoms with E-state index in [1.165, 1.54) is 41.3 Å². The maximum absolute atomic E-state index is 13.7. The summed E-state index contributed by atoms with van der Waals surface area (Å²) < 4.78 is 21.5. The molecule has 2 heterocycles. The maximum Gasteiger partial charge on any atom is 0.335 e. The third-order valence-corrected chi connectivity index (χ3v) is 6.47. The van der Waals surface area contributed by atoms with Gasteiger partial charge in [0.25, 0.3) is 0 Å². The first-order valence-electron chi connectivity index (χ1n) is 11.8. The number of carboxylic acids is 1. The summed E-state index contributed by atoms with van der Waals surface area (Å²) in [7, 11) is 0. The second-order valence-corrected chi connectivity index (χ2v) is 8.95. The molecule has 10 heteroatoms. The number of amides is 1. The number of ether oxygens (including phenoxy) is 1. The quantitative estimate of drug-likeness (QED) is 0.280. The van der Waals surface area contributed by atoms with Crippen LogP contribution in [0.3, 0.4) is 0 Å². The van der Waals surface area contributed by atoms with E-state index >= 15 is 0 Å². The molecule has 0 radical (unpaired) electrons. The molecular weight excluding hydrogens is 499 g/mol. The van der Waals surface area contributed by atoms with Gasteiger partial charge in [0.05, 0.1) is 28.7 Å². The van der Waals surface area contributed by atoms with Crippen molar-refractivity contribution in [1.29, 1.82) is 0 Å². The van der Waals surface area contributed by atoms with Crippen LogP contribution in [0.4, 0.5) is 27.1 Å². The molecule has 190 valence electrons. The summed E-state index contributed by atoms with van der Waals surface area (Å²) in [6, 6.07) is 15.5. The van der Waals surface area contributed by atoms with E-state index in [-0.39, 0.29) is 17.7 Å². The van der Waals surface area contributed by atoms with Crippen molar-refractivity contribution in [2.75, 3.05) is 22.7 Å². The van der Waals surface area contributed by atoms with Crippen molar-refractivity contribution in [3.8, 4) is 0 Å². The van der Waals surface area contributed by atoms with Crippen LogP contribution < -0.4 is 10.2 Å². The van der Waals surface area contributed by atoms with Crippen molar-refractivity contribution in [2.24, 2.45) is 0 Å². The van der Waals surface area contributed by atoms with Gasteiger partial charge in [-0.2, -0.15) is 5.10 Å². The van der Waals surface area contributed by atoms with Crippen LogP contribution in [0.1, 0.15) is 35.8 Å². The van der Waals surface area contributed by atoms with Gasteiger partial charge >= 0.3 is 5.97 Å². The standard InChI is InChI=1S/C27H24ClFN4O4/c28-15-25(34)32(21-10-6-19(29)7-11-21)24-13-18-16-30-33(26-3-1-2-12-37-26)23(18)14-22(24)31-20-8-4-17(5-9-20)27(35)36/h4-11,13-14,16,26,31H,1-3,12,15H2,(H,35,36). The Morgan fingerprint density at radius 3 is 2.54 bits per heavy atom. The lowest BCUT2D eigenvalue weighted by Gasteiger charge is -2.26. The van der Waals surface area contributed by atoms with Gasteiger partial charge in [0.1, 0.15) is 11.7 Å². The highest BCUT2D eigenvalue weighted by molar-refractivity contribution is 6.30. The number of carboxylic acid groups (broad SMARTS) is 1. The number of carbonyl (C=O) groups is 2. The third-order valence-electron chi connectivity index (χ3n) is 6.24. The second kappa shape index (κ2) is 10.6. The minimum atomic E-state index is -1.03. The first-order valence-corrected chi connectivity index (χ1v) is 12.4. The van der Waals surface area contributed by atoms with Crippen molar-refractivity contribution in [1.82, 2.24) is 9.78 Å². The molecule has 1 amide bonds. The summed E-state index contributed by atoms with van der Waals surface area (Å²) in [5.41, 5.74) is 3.05. The highest BCUT2D eigenvalue weighted by Crippen LogP contribution is 2.39. The Morgan fingerprint density at radius 1 is 1.14 bits per heavy atom. The molecule has 0 bridgehead atoms. The molecule has 0 aliphatic carbocycles. The first kappa shape index (κ1) is 24.7. The molecule has 1 atom stereocenters. The monoisotopic (exact) mass is 522 g/mol. The number of alkyl halides is 1. The van der Waals surface area contributed by atoms with Crippen molar-refractivity contribution in [3.63, 3.8) is 0 Å². The van der Waals surface area contributed by atoms with Crippen LogP contribution in [-0.2, 0) is 9.53 Å². The molecule has 0 spiro atoms. The van der Waals surface area contributed by atoms with Gasteiger partial charge in [0, 0.05) is 23.4 Å². The Hall–Kier alpha value is -3.95. The number of hydrogen-bond donors (Lipinski definition) is 2. The van der Waals surface area contributed by atoms with E-state index in [4.69, 9.17) is 16.3 Å². The molecule has 1 aromatic heterocycles. The summed E-state index contributed by atoms with van der Waals surface area (Å²) in [6.45, 7) is 0.660. The molecule has 1 aliphatic heterocycles. The van der Waals surface area contributed by atoms with Crippen LogP contribution in [0, 0.1) is 5.82 Å². The van der Waals surface area contributed by atoms with Crippen molar-refractivity contribution in [3.05, 3.63) is 78.2 Å². The van der Waals surface area contributed by atoms with Gasteiger partial charge < -0.3 is 15.2 Å². The normalized spacial score (nSPS) is 15.5. The Labute approximate surface area is 217 Å². The molecular formula is C27H24ClFN4O4. The lowest BCUT2D eigenvalue weighted by atomic mass is 10.1. The van der Waals surface area contributed by atoms with E-state index in [0.717, 1.165) is 30.2 Å². The largest absolute Gasteiger partial charge is 0.478 e. The van der Waals surface area contributed by atoms with Gasteiger partial charge in [0.2, 0.25) is 5.91 Å². The number of carbonyl (C=O) groups excluding carboxylic acids is 1. The summed E-state index contributed by atoms with van der Waals surface area (Å²) >= 11 is 5.99. The molecule has 5 rings (SSSR count). The number of nitrogens with zero attached hydrogens (tertiary/aromatic N) is 3. The van der Waals surface area contributed by atoms with E-state index in [9.17, 15) is 19.1 Å². The van der Waals surface area contributed by atoms with Gasteiger partial charge in [-0.3, -0.25) is 9.69 Å². The lowest BCUT2D eigenvalue weighted by molar-refractivity contribution is -0.115. The van der Waals surface area contributed by atoms with Crippen LogP contribution >= 0.6 is 11.6 Å². The highest BCUT2D eigenvalue weighted by atomic mass is 35.5. The SMILES string of the molecule is O=C(O)c1ccc(Nc2cc3c(cnn3C3CCCCO3)cc2N(C(=O)CCl)c2ccc(F)cc2)cc1. The summed E-state index contributed by atoms with van der Waals surface area (Å²) in [5.74, 6) is -2.15. The number of nitrogens with one attached hydrogen (secondary N) is 1. The van der Waals surface area contributed by atoms with Crippen LogP contribution in [-0.4, -0.2) is 39.3 Å². The predicted octanol–water partition coefficient (Wildman–Crippen LogP) is 6.22. The Bertz CT molecular complexity index is 1430. The molecule has 3 aromatic carbocycles. The first-order chi connectivity index (χ1) is 17.9. The molecule has 8 nitrogen and oxygen atoms in total. The van der Waals surface area contributed by atoms with E-state index in [2.05, 4.69) is 10.4 Å². The molecule has 2 N–H and O–H groups in total. The topological polar surface area (TPSA) is 96.7 Å². The number of aromatic nitrogens is 2. The zero-order valence-corrected chi connectivity index (χ0v) is 20.5. The van der Waals surface area contributed by atoms with Crippen molar-refractivity contribution in [2.45, 2.75) is 25.5 Å². The fraction of sp³-hybridized carbons (Fsp3) is 0.222. The summed E-state index contributed by atoms with van der Waals surface area (Å²) in [6.07, 6.45) is 4.40. The summed E-state index contributed by atoms with van der Waals surface area (Å²) in [5, 5.41) is 17.9. The van der Waals surface area contributed by atoms with Gasteiger partial charge in [-0.05, 0) is 79.9 Å². The number of rotatable bonds is 7. The molecule has 1 aliphatic rings. The average Bonchev–Trinajstić information content (AvgIpc) is 3.33. The van der Waals surface area contributed by atoms with Gasteiger partial charge in [-0.25, -0.2) is 13.9 Å². The zero-order valence-electron chi connectivity index (χ0n) is 19.7.